The van der Waals surface area contributed by atoms with Crippen LogP contribution in [0.3, 0.4) is 0 Å². The number of nitro groups is 1. The van der Waals surface area contributed by atoms with Gasteiger partial charge in [-0.2, -0.15) is 0 Å². The number of rotatable bonds is 5. The smallest absolute Gasteiger partial charge is 0.269 e. The van der Waals surface area contributed by atoms with E-state index in [9.17, 15) is 14.9 Å². The Morgan fingerprint density at radius 3 is 2.52 bits per heavy atom. The molecule has 6 heteroatoms. The lowest BCUT2D eigenvalue weighted by Gasteiger charge is -2.07. The SMILES string of the molecule is CNC(=O)c1ccc(NCc2cccc([N+](=O)[O-])c2)cc1. The van der Waals surface area contributed by atoms with E-state index in [0.29, 0.717) is 12.1 Å². The zero-order chi connectivity index (χ0) is 15.2. The third-order valence-electron chi connectivity index (χ3n) is 2.99. The molecule has 2 aromatic carbocycles. The van der Waals surface area contributed by atoms with Crippen LogP contribution in [0.2, 0.25) is 0 Å². The van der Waals surface area contributed by atoms with Crippen molar-refractivity contribution in [2.45, 2.75) is 6.54 Å². The summed E-state index contributed by atoms with van der Waals surface area (Å²) in [4.78, 5) is 21.7. The van der Waals surface area contributed by atoms with Gasteiger partial charge in [0.1, 0.15) is 0 Å². The molecule has 0 fully saturated rings. The molecule has 1 amide bonds. The third-order valence-corrected chi connectivity index (χ3v) is 2.99. The second-order valence-electron chi connectivity index (χ2n) is 4.44. The topological polar surface area (TPSA) is 84.3 Å². The van der Waals surface area contributed by atoms with E-state index in [-0.39, 0.29) is 11.6 Å². The minimum atomic E-state index is -0.415. The van der Waals surface area contributed by atoms with E-state index in [1.807, 2.05) is 6.07 Å². The summed E-state index contributed by atoms with van der Waals surface area (Å²) >= 11 is 0. The number of nitro benzene ring substituents is 1. The maximum atomic E-state index is 11.4. The minimum absolute atomic E-state index is 0.0734. The van der Waals surface area contributed by atoms with Crippen molar-refractivity contribution in [2.24, 2.45) is 0 Å². The summed E-state index contributed by atoms with van der Waals surface area (Å²) < 4.78 is 0. The van der Waals surface area contributed by atoms with Gasteiger partial charge in [0.2, 0.25) is 0 Å². The first kappa shape index (κ1) is 14.5. The number of hydrogen-bond acceptors (Lipinski definition) is 4. The highest BCUT2D eigenvalue weighted by atomic mass is 16.6. The van der Waals surface area contributed by atoms with Crippen molar-refractivity contribution in [3.8, 4) is 0 Å². The lowest BCUT2D eigenvalue weighted by atomic mass is 10.1. The highest BCUT2D eigenvalue weighted by Gasteiger charge is 2.06. The van der Waals surface area contributed by atoms with Gasteiger partial charge in [0.05, 0.1) is 4.92 Å². The Kier molecular flexibility index (Phi) is 4.50. The highest BCUT2D eigenvalue weighted by molar-refractivity contribution is 5.94. The van der Waals surface area contributed by atoms with E-state index in [1.165, 1.54) is 12.1 Å². The van der Waals surface area contributed by atoms with Crippen molar-refractivity contribution >= 4 is 17.3 Å². The minimum Gasteiger partial charge on any atom is -0.381 e. The molecular weight excluding hydrogens is 270 g/mol. The van der Waals surface area contributed by atoms with Gasteiger partial charge in [0, 0.05) is 37.0 Å². The van der Waals surface area contributed by atoms with E-state index >= 15 is 0 Å². The molecule has 0 atom stereocenters. The number of nitrogens with one attached hydrogen (secondary N) is 2. The van der Waals surface area contributed by atoms with Crippen LogP contribution in [-0.4, -0.2) is 17.9 Å². The van der Waals surface area contributed by atoms with Gasteiger partial charge < -0.3 is 10.6 Å². The summed E-state index contributed by atoms with van der Waals surface area (Å²) in [6, 6.07) is 13.5. The molecule has 0 saturated carbocycles. The molecule has 21 heavy (non-hydrogen) atoms. The fourth-order valence-corrected chi connectivity index (χ4v) is 1.87. The van der Waals surface area contributed by atoms with Gasteiger partial charge in [0.15, 0.2) is 0 Å². The van der Waals surface area contributed by atoms with Gasteiger partial charge in [-0.1, -0.05) is 12.1 Å². The zero-order valence-corrected chi connectivity index (χ0v) is 11.5. The van der Waals surface area contributed by atoms with Crippen molar-refractivity contribution in [1.82, 2.24) is 5.32 Å². The van der Waals surface area contributed by atoms with Gasteiger partial charge >= 0.3 is 0 Å². The third kappa shape index (κ3) is 3.79. The lowest BCUT2D eigenvalue weighted by Crippen LogP contribution is -2.17. The second-order valence-corrected chi connectivity index (χ2v) is 4.44. The molecule has 6 nitrogen and oxygen atoms in total. The summed E-state index contributed by atoms with van der Waals surface area (Å²) in [6.45, 7) is 0.473. The fourth-order valence-electron chi connectivity index (χ4n) is 1.87. The highest BCUT2D eigenvalue weighted by Crippen LogP contribution is 2.15. The number of carbonyl (C=O) groups excluding carboxylic acids is 1. The van der Waals surface area contributed by atoms with Gasteiger partial charge in [-0.3, -0.25) is 14.9 Å². The van der Waals surface area contributed by atoms with Crippen molar-refractivity contribution < 1.29 is 9.72 Å². The van der Waals surface area contributed by atoms with E-state index in [4.69, 9.17) is 0 Å². The molecule has 0 aliphatic heterocycles. The largest absolute Gasteiger partial charge is 0.381 e. The number of hydrogen-bond donors (Lipinski definition) is 2. The quantitative estimate of drug-likeness (QED) is 0.653. The molecule has 2 N–H and O–H groups in total. The molecule has 108 valence electrons. The van der Waals surface area contributed by atoms with Crippen LogP contribution in [-0.2, 0) is 6.54 Å². The Bertz CT molecular complexity index is 653. The first-order valence-corrected chi connectivity index (χ1v) is 6.39. The van der Waals surface area contributed by atoms with Gasteiger partial charge in [-0.25, -0.2) is 0 Å². The Morgan fingerprint density at radius 1 is 1.19 bits per heavy atom. The van der Waals surface area contributed by atoms with Crippen LogP contribution in [0, 0.1) is 10.1 Å². The van der Waals surface area contributed by atoms with Crippen LogP contribution < -0.4 is 10.6 Å². The van der Waals surface area contributed by atoms with Crippen LogP contribution in [0.15, 0.2) is 48.5 Å². The average Bonchev–Trinajstić information content (AvgIpc) is 2.53. The summed E-state index contributed by atoms with van der Waals surface area (Å²) in [5.41, 5.74) is 2.32. The molecule has 0 aliphatic rings. The maximum Gasteiger partial charge on any atom is 0.269 e. The monoisotopic (exact) mass is 285 g/mol. The Hall–Kier alpha value is -2.89. The summed E-state index contributed by atoms with van der Waals surface area (Å²) in [5.74, 6) is -0.139. The van der Waals surface area contributed by atoms with Crippen molar-refractivity contribution in [3.05, 3.63) is 69.8 Å². The molecule has 2 rings (SSSR count). The summed E-state index contributed by atoms with van der Waals surface area (Å²) in [6.07, 6.45) is 0. The van der Waals surface area contributed by atoms with Crippen molar-refractivity contribution in [2.75, 3.05) is 12.4 Å². The number of amides is 1. The summed E-state index contributed by atoms with van der Waals surface area (Å²) in [5, 5.41) is 16.4. The van der Waals surface area contributed by atoms with E-state index in [0.717, 1.165) is 11.3 Å². The number of non-ortho nitro benzene ring substituents is 1. The average molecular weight is 285 g/mol. The Balaban J connectivity index is 2.01. The fraction of sp³-hybridized carbons (Fsp3) is 0.133. The van der Waals surface area contributed by atoms with Crippen LogP contribution in [0.1, 0.15) is 15.9 Å². The molecule has 2 aromatic rings. The molecule has 0 aromatic heterocycles. The second kappa shape index (κ2) is 6.51. The van der Waals surface area contributed by atoms with E-state index in [1.54, 1.807) is 37.4 Å². The lowest BCUT2D eigenvalue weighted by molar-refractivity contribution is -0.384. The molecule has 0 bridgehead atoms. The Labute approximate surface area is 121 Å². The van der Waals surface area contributed by atoms with Crippen LogP contribution in [0.25, 0.3) is 0 Å². The predicted octanol–water partition coefficient (Wildman–Crippen LogP) is 2.57. The van der Waals surface area contributed by atoms with Gasteiger partial charge in [0.25, 0.3) is 11.6 Å². The number of anilines is 1. The van der Waals surface area contributed by atoms with Crippen LogP contribution in [0.5, 0.6) is 0 Å². The number of nitrogens with zero attached hydrogens (tertiary/aromatic N) is 1. The molecular formula is C15H15N3O3. The first-order valence-electron chi connectivity index (χ1n) is 6.39. The standard InChI is InChI=1S/C15H15N3O3/c1-16-15(19)12-5-7-13(8-6-12)17-10-11-3-2-4-14(9-11)18(20)21/h2-9,17H,10H2,1H3,(H,16,19). The normalized spacial score (nSPS) is 9.95. The Morgan fingerprint density at radius 2 is 1.90 bits per heavy atom. The number of carbonyl (C=O) groups is 1. The van der Waals surface area contributed by atoms with E-state index in [2.05, 4.69) is 10.6 Å². The zero-order valence-electron chi connectivity index (χ0n) is 11.5. The molecule has 0 saturated heterocycles. The predicted molar refractivity (Wildman–Crippen MR) is 80.3 cm³/mol. The number of benzene rings is 2. The van der Waals surface area contributed by atoms with Crippen LogP contribution >= 0.6 is 0 Å². The molecule has 0 unspecified atom stereocenters. The molecule has 0 heterocycles. The van der Waals surface area contributed by atoms with Gasteiger partial charge in [-0.05, 0) is 29.8 Å². The maximum absolute atomic E-state index is 11.4. The summed E-state index contributed by atoms with van der Waals surface area (Å²) in [7, 11) is 1.58. The first-order chi connectivity index (χ1) is 10.1. The van der Waals surface area contributed by atoms with Crippen LogP contribution in [0.4, 0.5) is 11.4 Å². The van der Waals surface area contributed by atoms with Gasteiger partial charge in [-0.15, -0.1) is 0 Å². The molecule has 0 spiro atoms. The molecule has 0 radical (unpaired) electrons. The van der Waals surface area contributed by atoms with Crippen molar-refractivity contribution in [3.63, 3.8) is 0 Å². The van der Waals surface area contributed by atoms with E-state index < -0.39 is 4.92 Å². The molecule has 0 aliphatic carbocycles. The van der Waals surface area contributed by atoms with Crippen molar-refractivity contribution in [1.29, 1.82) is 0 Å².